The van der Waals surface area contributed by atoms with Gasteiger partial charge in [0.05, 0.1) is 10.4 Å². The summed E-state index contributed by atoms with van der Waals surface area (Å²) in [6, 6.07) is 0. The lowest BCUT2D eigenvalue weighted by molar-refractivity contribution is -0.152. The summed E-state index contributed by atoms with van der Waals surface area (Å²) in [5, 5.41) is 0. The van der Waals surface area contributed by atoms with E-state index in [1.807, 2.05) is 0 Å². The molecule has 0 aliphatic rings. The summed E-state index contributed by atoms with van der Waals surface area (Å²) < 4.78 is 5.10. The number of nitrogens with zero attached hydrogens (tertiary/aromatic N) is 1. The summed E-state index contributed by atoms with van der Waals surface area (Å²) in [7, 11) is 0. The van der Waals surface area contributed by atoms with Gasteiger partial charge < -0.3 is 4.74 Å². The Labute approximate surface area is 106 Å². The third kappa shape index (κ3) is 3.68. The molecule has 0 aliphatic carbocycles. The van der Waals surface area contributed by atoms with Crippen LogP contribution in [-0.2, 0) is 9.53 Å². The molecule has 0 aliphatic heterocycles. The third-order valence-electron chi connectivity index (χ3n) is 1.52. The molecule has 0 saturated heterocycles. The number of Topliss-reactive ketones (excluding diaryl/α,β-unsaturated/α-hetero) is 1. The van der Waals surface area contributed by atoms with Crippen molar-refractivity contribution in [1.29, 1.82) is 0 Å². The lowest BCUT2D eigenvalue weighted by atomic mass is 10.2. The second-order valence-electron chi connectivity index (χ2n) is 4.13. The van der Waals surface area contributed by atoms with Crippen LogP contribution in [0.25, 0.3) is 0 Å². The van der Waals surface area contributed by atoms with Gasteiger partial charge in [-0.25, -0.2) is 0 Å². The number of aromatic nitrogens is 1. The maximum Gasteiger partial charge on any atom is 0.328 e. The number of hydrogen-bond donors (Lipinski definition) is 0. The summed E-state index contributed by atoms with van der Waals surface area (Å²) in [5.74, 6) is -0.900. The van der Waals surface area contributed by atoms with E-state index < -0.39 is 16.4 Å². The predicted octanol–water partition coefficient (Wildman–Crippen LogP) is 2.43. The fourth-order valence-electron chi connectivity index (χ4n) is 0.923. The number of rotatable bonds is 3. The van der Waals surface area contributed by atoms with Gasteiger partial charge >= 0.3 is 5.97 Å². The number of thiazole rings is 1. The Hall–Kier alpha value is -0.750. The fraction of sp³-hybridized carbons (Fsp3) is 0.500. The standard InChI is InChI=1S/C10H12BrNO3S/c1-10(2,3)15-9(14)7(11)8(13)6-4-12-5-16-6/h4-5,7H,1-3H3/t7-/m1/s1. The summed E-state index contributed by atoms with van der Waals surface area (Å²) in [6.07, 6.45) is 1.44. The summed E-state index contributed by atoms with van der Waals surface area (Å²) in [6.45, 7) is 5.26. The van der Waals surface area contributed by atoms with E-state index in [-0.39, 0.29) is 5.78 Å². The summed E-state index contributed by atoms with van der Waals surface area (Å²) >= 11 is 4.23. The van der Waals surface area contributed by atoms with Gasteiger partial charge in [-0.15, -0.1) is 11.3 Å². The maximum atomic E-state index is 11.8. The van der Waals surface area contributed by atoms with Crippen LogP contribution in [0.3, 0.4) is 0 Å². The van der Waals surface area contributed by atoms with E-state index in [0.717, 1.165) is 0 Å². The van der Waals surface area contributed by atoms with Gasteiger partial charge in [-0.1, -0.05) is 15.9 Å². The van der Waals surface area contributed by atoms with E-state index in [4.69, 9.17) is 4.74 Å². The minimum absolute atomic E-state index is 0.322. The zero-order valence-corrected chi connectivity index (χ0v) is 11.6. The van der Waals surface area contributed by atoms with Crippen LogP contribution < -0.4 is 0 Å². The molecule has 0 N–H and O–H groups in total. The fourth-order valence-corrected chi connectivity index (χ4v) is 2.01. The second-order valence-corrected chi connectivity index (χ2v) is 5.93. The SMILES string of the molecule is CC(C)(C)OC(=O)[C@H](Br)C(=O)c1cncs1. The quantitative estimate of drug-likeness (QED) is 0.372. The van der Waals surface area contributed by atoms with E-state index in [2.05, 4.69) is 20.9 Å². The number of carbonyl (C=O) groups excluding carboxylic acids is 2. The first kappa shape index (κ1) is 13.3. The molecule has 1 rings (SSSR count). The molecule has 0 bridgehead atoms. The van der Waals surface area contributed by atoms with Crippen LogP contribution in [0.4, 0.5) is 0 Å². The van der Waals surface area contributed by atoms with Gasteiger partial charge in [-0.2, -0.15) is 0 Å². The molecule has 16 heavy (non-hydrogen) atoms. The van der Waals surface area contributed by atoms with Crippen molar-refractivity contribution >= 4 is 39.0 Å². The van der Waals surface area contributed by atoms with Crippen LogP contribution in [-0.4, -0.2) is 27.2 Å². The minimum Gasteiger partial charge on any atom is -0.459 e. The molecule has 1 aromatic heterocycles. The first-order valence-electron chi connectivity index (χ1n) is 4.61. The average molecular weight is 306 g/mol. The molecule has 4 nitrogen and oxygen atoms in total. The second kappa shape index (κ2) is 5.05. The van der Waals surface area contributed by atoms with Crippen molar-refractivity contribution in [2.24, 2.45) is 0 Å². The van der Waals surface area contributed by atoms with Gasteiger partial charge in [-0.05, 0) is 20.8 Å². The molecule has 88 valence electrons. The van der Waals surface area contributed by atoms with E-state index in [1.54, 1.807) is 26.3 Å². The molecule has 0 aromatic carbocycles. The van der Waals surface area contributed by atoms with E-state index >= 15 is 0 Å². The molecule has 0 saturated carbocycles. The molecule has 1 aromatic rings. The Morgan fingerprint density at radius 1 is 1.50 bits per heavy atom. The molecule has 0 fully saturated rings. The largest absolute Gasteiger partial charge is 0.459 e. The topological polar surface area (TPSA) is 56.3 Å². The lowest BCUT2D eigenvalue weighted by Gasteiger charge is -2.20. The van der Waals surface area contributed by atoms with E-state index in [1.165, 1.54) is 17.5 Å². The van der Waals surface area contributed by atoms with Gasteiger partial charge in [0, 0.05) is 6.20 Å². The van der Waals surface area contributed by atoms with Crippen LogP contribution in [0.5, 0.6) is 0 Å². The van der Waals surface area contributed by atoms with Gasteiger partial charge in [0.15, 0.2) is 10.6 Å². The van der Waals surface area contributed by atoms with Crippen LogP contribution in [0, 0.1) is 0 Å². The van der Waals surface area contributed by atoms with Crippen LogP contribution in [0.1, 0.15) is 30.4 Å². The van der Waals surface area contributed by atoms with Crippen LogP contribution in [0.2, 0.25) is 0 Å². The molecular formula is C10H12BrNO3S. The molecule has 0 unspecified atom stereocenters. The molecule has 1 atom stereocenters. The first-order valence-corrected chi connectivity index (χ1v) is 6.40. The smallest absolute Gasteiger partial charge is 0.328 e. The van der Waals surface area contributed by atoms with Gasteiger partial charge in [0.2, 0.25) is 0 Å². The zero-order valence-electron chi connectivity index (χ0n) is 9.19. The van der Waals surface area contributed by atoms with Gasteiger partial charge in [-0.3, -0.25) is 14.6 Å². The number of hydrogen-bond acceptors (Lipinski definition) is 5. The Morgan fingerprint density at radius 2 is 2.12 bits per heavy atom. The minimum atomic E-state index is -0.966. The number of halogens is 1. The monoisotopic (exact) mass is 305 g/mol. The Balaban J connectivity index is 2.68. The van der Waals surface area contributed by atoms with Crippen molar-refractivity contribution in [2.75, 3.05) is 0 Å². The highest BCUT2D eigenvalue weighted by Gasteiger charge is 2.30. The number of carbonyl (C=O) groups is 2. The van der Waals surface area contributed by atoms with Crippen molar-refractivity contribution in [1.82, 2.24) is 4.98 Å². The average Bonchev–Trinajstić information content (AvgIpc) is 2.65. The lowest BCUT2D eigenvalue weighted by Crippen LogP contribution is -2.33. The van der Waals surface area contributed by atoms with Gasteiger partial charge in [0.25, 0.3) is 0 Å². The zero-order chi connectivity index (χ0) is 12.3. The van der Waals surface area contributed by atoms with Crippen molar-refractivity contribution in [3.05, 3.63) is 16.6 Å². The van der Waals surface area contributed by atoms with Gasteiger partial charge in [0.1, 0.15) is 5.60 Å². The molecule has 6 heteroatoms. The maximum absolute atomic E-state index is 11.8. The summed E-state index contributed by atoms with van der Waals surface area (Å²) in [5.41, 5.74) is 0.944. The molecule has 0 amide bonds. The van der Waals surface area contributed by atoms with Crippen molar-refractivity contribution in [3.63, 3.8) is 0 Å². The Kier molecular flexibility index (Phi) is 4.21. The summed E-state index contributed by atoms with van der Waals surface area (Å²) in [4.78, 5) is 26.6. The van der Waals surface area contributed by atoms with Crippen molar-refractivity contribution in [3.8, 4) is 0 Å². The Morgan fingerprint density at radius 3 is 2.56 bits per heavy atom. The van der Waals surface area contributed by atoms with E-state index in [0.29, 0.717) is 4.88 Å². The molecule has 1 heterocycles. The molecule has 0 radical (unpaired) electrons. The van der Waals surface area contributed by atoms with Crippen LogP contribution >= 0.6 is 27.3 Å². The van der Waals surface area contributed by atoms with Crippen molar-refractivity contribution < 1.29 is 14.3 Å². The highest BCUT2D eigenvalue weighted by molar-refractivity contribution is 9.10. The highest BCUT2D eigenvalue weighted by Crippen LogP contribution is 2.18. The normalized spacial score (nSPS) is 13.2. The highest BCUT2D eigenvalue weighted by atomic mass is 79.9. The number of esters is 1. The third-order valence-corrected chi connectivity index (χ3v) is 3.10. The van der Waals surface area contributed by atoms with E-state index in [9.17, 15) is 9.59 Å². The first-order chi connectivity index (χ1) is 7.31. The van der Waals surface area contributed by atoms with Crippen LogP contribution in [0.15, 0.2) is 11.7 Å². The predicted molar refractivity (Wildman–Crippen MR) is 65.0 cm³/mol. The molecular weight excluding hydrogens is 294 g/mol. The Bertz CT molecular complexity index is 383. The number of ether oxygens (including phenoxy) is 1. The number of ketones is 1. The molecule has 0 spiro atoms. The number of alkyl halides is 1. The van der Waals surface area contributed by atoms with Crippen molar-refractivity contribution in [2.45, 2.75) is 31.2 Å².